The van der Waals surface area contributed by atoms with Crippen molar-refractivity contribution in [3.8, 4) is 0 Å². The molecule has 6 nitrogen and oxygen atoms in total. The van der Waals surface area contributed by atoms with Crippen molar-refractivity contribution in [2.75, 3.05) is 7.11 Å². The summed E-state index contributed by atoms with van der Waals surface area (Å²) in [5.41, 5.74) is 0.169. The molecule has 0 unspecified atom stereocenters. The molecule has 1 rings (SSSR count). The largest absolute Gasteiger partial charge is 0.467 e. The Morgan fingerprint density at radius 2 is 2.06 bits per heavy atom. The van der Waals surface area contributed by atoms with E-state index in [9.17, 15) is 9.59 Å². The molecule has 0 fully saturated rings. The highest BCUT2D eigenvalue weighted by atomic mass is 16.5. The second-order valence-corrected chi connectivity index (χ2v) is 3.81. The molecule has 0 aliphatic heterocycles. The number of hydrogen-bond acceptors (Lipinski definition) is 5. The van der Waals surface area contributed by atoms with E-state index in [1.165, 1.54) is 25.7 Å². The highest BCUT2D eigenvalue weighted by Crippen LogP contribution is 2.04. The summed E-state index contributed by atoms with van der Waals surface area (Å²) >= 11 is 0. The number of carbonyl (C=O) groups excluding carboxylic acids is 2. The van der Waals surface area contributed by atoms with Crippen LogP contribution in [0.5, 0.6) is 0 Å². The summed E-state index contributed by atoms with van der Waals surface area (Å²) in [6.45, 7) is 3.64. The highest BCUT2D eigenvalue weighted by molar-refractivity contribution is 5.94. The molecule has 1 heterocycles. The average molecular weight is 237 g/mol. The maximum atomic E-state index is 11.8. The molecule has 0 radical (unpaired) electrons. The lowest BCUT2D eigenvalue weighted by Crippen LogP contribution is -2.45. The zero-order valence-corrected chi connectivity index (χ0v) is 10.0. The van der Waals surface area contributed by atoms with Gasteiger partial charge in [0.15, 0.2) is 0 Å². The summed E-state index contributed by atoms with van der Waals surface area (Å²) in [7, 11) is 1.28. The third kappa shape index (κ3) is 3.51. The van der Waals surface area contributed by atoms with Gasteiger partial charge in [-0.25, -0.2) is 9.78 Å². The van der Waals surface area contributed by atoms with Crippen LogP contribution < -0.4 is 5.32 Å². The molecule has 92 valence electrons. The van der Waals surface area contributed by atoms with Crippen molar-refractivity contribution in [1.29, 1.82) is 0 Å². The van der Waals surface area contributed by atoms with Gasteiger partial charge in [0, 0.05) is 12.4 Å². The van der Waals surface area contributed by atoms with E-state index >= 15 is 0 Å². The Labute approximate surface area is 99.4 Å². The third-order valence-electron chi connectivity index (χ3n) is 2.20. The van der Waals surface area contributed by atoms with Gasteiger partial charge in [-0.15, -0.1) is 0 Å². The van der Waals surface area contributed by atoms with Crippen molar-refractivity contribution in [2.45, 2.75) is 19.9 Å². The lowest BCUT2D eigenvalue weighted by Gasteiger charge is -2.19. The first-order chi connectivity index (χ1) is 8.06. The Morgan fingerprint density at radius 3 is 2.53 bits per heavy atom. The van der Waals surface area contributed by atoms with Crippen molar-refractivity contribution in [2.24, 2.45) is 5.92 Å². The van der Waals surface area contributed by atoms with Gasteiger partial charge in [0.25, 0.3) is 5.91 Å². The fourth-order valence-corrected chi connectivity index (χ4v) is 1.26. The number of rotatable bonds is 4. The molecule has 0 aliphatic rings. The van der Waals surface area contributed by atoms with Crippen LogP contribution >= 0.6 is 0 Å². The zero-order valence-electron chi connectivity index (χ0n) is 10.0. The predicted molar refractivity (Wildman–Crippen MR) is 60.1 cm³/mol. The Bertz CT molecular complexity index is 392. The molecule has 0 bridgehead atoms. The van der Waals surface area contributed by atoms with Crippen LogP contribution in [0.1, 0.15) is 24.3 Å². The second kappa shape index (κ2) is 5.93. The van der Waals surface area contributed by atoms with E-state index in [4.69, 9.17) is 0 Å². The molecule has 0 aromatic carbocycles. The fourth-order valence-electron chi connectivity index (χ4n) is 1.26. The van der Waals surface area contributed by atoms with Crippen molar-refractivity contribution < 1.29 is 14.3 Å². The van der Waals surface area contributed by atoms with Gasteiger partial charge in [0.2, 0.25) is 0 Å². The summed E-state index contributed by atoms with van der Waals surface area (Å²) < 4.78 is 4.62. The van der Waals surface area contributed by atoms with E-state index in [1.54, 1.807) is 0 Å². The van der Waals surface area contributed by atoms with Crippen molar-refractivity contribution in [3.05, 3.63) is 24.3 Å². The predicted octanol–water partition coefficient (Wildman–Crippen LogP) is 0.404. The first-order valence-electron chi connectivity index (χ1n) is 5.21. The monoisotopic (exact) mass is 237 g/mol. The van der Waals surface area contributed by atoms with Crippen LogP contribution in [-0.2, 0) is 9.53 Å². The van der Waals surface area contributed by atoms with Gasteiger partial charge in [0.05, 0.1) is 13.3 Å². The van der Waals surface area contributed by atoms with Crippen LogP contribution in [0, 0.1) is 5.92 Å². The number of hydrogen-bond donors (Lipinski definition) is 1. The molecule has 17 heavy (non-hydrogen) atoms. The second-order valence-electron chi connectivity index (χ2n) is 3.81. The van der Waals surface area contributed by atoms with Crippen molar-refractivity contribution in [1.82, 2.24) is 15.3 Å². The van der Waals surface area contributed by atoms with E-state index in [2.05, 4.69) is 20.0 Å². The van der Waals surface area contributed by atoms with Gasteiger partial charge >= 0.3 is 5.97 Å². The summed E-state index contributed by atoms with van der Waals surface area (Å²) in [6, 6.07) is -0.686. The van der Waals surface area contributed by atoms with Gasteiger partial charge in [-0.1, -0.05) is 13.8 Å². The minimum absolute atomic E-state index is 0.0666. The topological polar surface area (TPSA) is 81.2 Å². The van der Waals surface area contributed by atoms with Gasteiger partial charge in [-0.2, -0.15) is 0 Å². The standard InChI is InChI=1S/C11H15N3O3/c1-7(2)9(11(16)17-3)14-10(15)8-6-12-4-5-13-8/h4-7,9H,1-3H3,(H,14,15)/t9-/m0/s1. The van der Waals surface area contributed by atoms with E-state index < -0.39 is 17.9 Å². The van der Waals surface area contributed by atoms with Gasteiger partial charge in [-0.05, 0) is 5.92 Å². The quantitative estimate of drug-likeness (QED) is 0.767. The van der Waals surface area contributed by atoms with Crippen molar-refractivity contribution in [3.63, 3.8) is 0 Å². The van der Waals surface area contributed by atoms with E-state index in [0.717, 1.165) is 0 Å². The van der Waals surface area contributed by atoms with Crippen LogP contribution in [0.15, 0.2) is 18.6 Å². The summed E-state index contributed by atoms with van der Waals surface area (Å²) in [5.74, 6) is -0.984. The zero-order chi connectivity index (χ0) is 12.8. The Kier molecular flexibility index (Phi) is 4.56. The SMILES string of the molecule is COC(=O)[C@@H](NC(=O)c1cnccn1)C(C)C. The number of nitrogens with zero attached hydrogens (tertiary/aromatic N) is 2. The molecule has 1 aromatic rings. The maximum absolute atomic E-state index is 11.8. The van der Waals surface area contributed by atoms with Crippen molar-refractivity contribution >= 4 is 11.9 Å². The molecule has 0 saturated carbocycles. The Morgan fingerprint density at radius 1 is 1.35 bits per heavy atom. The van der Waals surface area contributed by atoms with Crippen LogP contribution in [0.3, 0.4) is 0 Å². The molecule has 1 aromatic heterocycles. The molecular formula is C11H15N3O3. The fraction of sp³-hybridized carbons (Fsp3) is 0.455. The number of aromatic nitrogens is 2. The highest BCUT2D eigenvalue weighted by Gasteiger charge is 2.25. The molecule has 0 saturated heterocycles. The van der Waals surface area contributed by atoms with Gasteiger partial charge in [0.1, 0.15) is 11.7 Å². The van der Waals surface area contributed by atoms with Crippen LogP contribution in [-0.4, -0.2) is 35.0 Å². The number of carbonyl (C=O) groups is 2. The molecule has 1 amide bonds. The Balaban J connectivity index is 2.75. The number of esters is 1. The molecule has 6 heteroatoms. The Hall–Kier alpha value is -1.98. The van der Waals surface area contributed by atoms with E-state index in [1.807, 2.05) is 13.8 Å². The molecule has 1 atom stereocenters. The lowest BCUT2D eigenvalue weighted by molar-refractivity contribution is -0.144. The van der Waals surface area contributed by atoms with Gasteiger partial charge < -0.3 is 10.1 Å². The van der Waals surface area contributed by atoms with Crippen LogP contribution in [0.25, 0.3) is 0 Å². The van der Waals surface area contributed by atoms with E-state index in [-0.39, 0.29) is 11.6 Å². The molecule has 0 aliphatic carbocycles. The molecule has 0 spiro atoms. The maximum Gasteiger partial charge on any atom is 0.328 e. The molecule has 1 N–H and O–H groups in total. The lowest BCUT2D eigenvalue weighted by atomic mass is 10.0. The summed E-state index contributed by atoms with van der Waals surface area (Å²) in [6.07, 6.45) is 4.22. The number of ether oxygens (including phenoxy) is 1. The molecular weight excluding hydrogens is 222 g/mol. The minimum atomic E-state index is -0.686. The third-order valence-corrected chi connectivity index (χ3v) is 2.20. The van der Waals surface area contributed by atoms with Gasteiger partial charge in [-0.3, -0.25) is 9.78 Å². The number of methoxy groups -OCH3 is 1. The number of amides is 1. The minimum Gasteiger partial charge on any atom is -0.467 e. The number of nitrogens with one attached hydrogen (secondary N) is 1. The van der Waals surface area contributed by atoms with Crippen LogP contribution in [0.2, 0.25) is 0 Å². The summed E-state index contributed by atoms with van der Waals surface area (Å²) in [5, 5.41) is 2.57. The summed E-state index contributed by atoms with van der Waals surface area (Å²) in [4.78, 5) is 30.8. The first kappa shape index (κ1) is 13.1. The van der Waals surface area contributed by atoms with Crippen LogP contribution in [0.4, 0.5) is 0 Å². The average Bonchev–Trinajstić information content (AvgIpc) is 2.35. The normalized spacial score (nSPS) is 12.0. The smallest absolute Gasteiger partial charge is 0.328 e. The van der Waals surface area contributed by atoms with E-state index in [0.29, 0.717) is 0 Å². The first-order valence-corrected chi connectivity index (χ1v) is 5.21.